The van der Waals surface area contributed by atoms with Crippen LogP contribution < -0.4 is 14.5 Å². The van der Waals surface area contributed by atoms with Crippen LogP contribution >= 0.6 is 11.6 Å². The van der Waals surface area contributed by atoms with Crippen LogP contribution in [0.4, 0.5) is 11.6 Å². The lowest BCUT2D eigenvalue weighted by molar-refractivity contribution is 0.109. The number of aromatic nitrogens is 2. The quantitative estimate of drug-likeness (QED) is 0.166. The zero-order chi connectivity index (χ0) is 36.2. The summed E-state index contributed by atoms with van der Waals surface area (Å²) in [6, 6.07) is 23.7. The molecule has 7 rings (SSSR count). The molecule has 3 saturated heterocycles. The third-order valence-corrected chi connectivity index (χ3v) is 11.2. The summed E-state index contributed by atoms with van der Waals surface area (Å²) in [5.41, 5.74) is 5.05. The highest BCUT2D eigenvalue weighted by atomic mass is 35.5. The molecule has 10 nitrogen and oxygen atoms in total. The second-order valence-corrected chi connectivity index (χ2v) is 15.1. The van der Waals surface area contributed by atoms with Gasteiger partial charge in [-0.15, -0.1) is 0 Å². The van der Waals surface area contributed by atoms with Crippen molar-refractivity contribution >= 4 is 35.8 Å². The summed E-state index contributed by atoms with van der Waals surface area (Å²) < 4.78 is 6.13. The Labute approximate surface area is 310 Å². The van der Waals surface area contributed by atoms with Gasteiger partial charge in [-0.2, -0.15) is 5.26 Å². The van der Waals surface area contributed by atoms with Crippen LogP contribution in [0.2, 0.25) is 5.02 Å². The van der Waals surface area contributed by atoms with Crippen molar-refractivity contribution in [3.63, 3.8) is 0 Å². The maximum absolute atomic E-state index is 11.4. The van der Waals surface area contributed by atoms with Crippen molar-refractivity contribution < 1.29 is 14.3 Å². The number of rotatable bonds is 12. The maximum atomic E-state index is 11.4. The lowest BCUT2D eigenvalue weighted by atomic mass is 9.78. The molecule has 1 atom stereocenters. The van der Waals surface area contributed by atoms with Crippen LogP contribution in [-0.4, -0.2) is 97.3 Å². The molecule has 1 aromatic heterocycles. The molecule has 3 aliphatic heterocycles. The predicted molar refractivity (Wildman–Crippen MR) is 203 cm³/mol. The minimum absolute atomic E-state index is 0.338. The van der Waals surface area contributed by atoms with Crippen LogP contribution in [0.3, 0.4) is 0 Å². The molecule has 1 unspecified atom stereocenters. The highest BCUT2D eigenvalue weighted by Gasteiger charge is 2.34. The molecule has 3 aliphatic rings. The highest BCUT2D eigenvalue weighted by molar-refractivity contribution is 6.30. The molecule has 3 aromatic carbocycles. The normalized spacial score (nSPS) is 18.5. The van der Waals surface area contributed by atoms with Crippen LogP contribution in [0.1, 0.15) is 63.4 Å². The molecular formula is C41H44ClN7O3. The summed E-state index contributed by atoms with van der Waals surface area (Å²) in [4.78, 5) is 41.8. The third kappa shape index (κ3) is 7.82. The number of hydrogen-bond acceptors (Lipinski definition) is 10. The van der Waals surface area contributed by atoms with Crippen molar-refractivity contribution in [3.8, 4) is 11.8 Å². The van der Waals surface area contributed by atoms with Gasteiger partial charge in [0, 0.05) is 97.8 Å². The first kappa shape index (κ1) is 35.6. The summed E-state index contributed by atoms with van der Waals surface area (Å²) in [5.74, 6) is 2.12. The number of piperazine rings is 1. The number of benzene rings is 3. The second-order valence-electron chi connectivity index (χ2n) is 14.7. The molecule has 268 valence electrons. The van der Waals surface area contributed by atoms with E-state index in [0.717, 1.165) is 106 Å². The number of aldehydes is 2. The van der Waals surface area contributed by atoms with Crippen molar-refractivity contribution in [2.24, 2.45) is 5.92 Å². The van der Waals surface area contributed by atoms with Crippen molar-refractivity contribution in [3.05, 3.63) is 111 Å². The first-order valence-electron chi connectivity index (χ1n) is 18.0. The minimum Gasteiger partial charge on any atom is -0.487 e. The summed E-state index contributed by atoms with van der Waals surface area (Å²) in [5, 5.41) is 9.95. The van der Waals surface area contributed by atoms with Crippen LogP contribution in [0.25, 0.3) is 0 Å². The van der Waals surface area contributed by atoms with Gasteiger partial charge in [-0.05, 0) is 78.7 Å². The summed E-state index contributed by atoms with van der Waals surface area (Å²) in [7, 11) is 0. The lowest BCUT2D eigenvalue weighted by Crippen LogP contribution is -2.53. The third-order valence-electron chi connectivity index (χ3n) is 10.9. The highest BCUT2D eigenvalue weighted by Crippen LogP contribution is 2.35. The molecule has 4 heterocycles. The van der Waals surface area contributed by atoms with E-state index in [9.17, 15) is 14.9 Å². The van der Waals surface area contributed by atoms with Crippen molar-refractivity contribution in [2.75, 3.05) is 68.7 Å². The molecule has 0 spiro atoms. The minimum atomic E-state index is -0.338. The van der Waals surface area contributed by atoms with E-state index in [1.54, 1.807) is 12.1 Å². The fourth-order valence-corrected chi connectivity index (χ4v) is 7.95. The van der Waals surface area contributed by atoms with Gasteiger partial charge in [0.15, 0.2) is 12.6 Å². The van der Waals surface area contributed by atoms with E-state index < -0.39 is 0 Å². The van der Waals surface area contributed by atoms with E-state index in [2.05, 4.69) is 56.6 Å². The van der Waals surface area contributed by atoms with Gasteiger partial charge in [-0.1, -0.05) is 37.6 Å². The molecule has 0 saturated carbocycles. The van der Waals surface area contributed by atoms with Crippen molar-refractivity contribution in [1.29, 1.82) is 5.26 Å². The first-order valence-corrected chi connectivity index (χ1v) is 18.4. The van der Waals surface area contributed by atoms with Gasteiger partial charge in [0.25, 0.3) is 0 Å². The average Bonchev–Trinajstić information content (AvgIpc) is 3.64. The average molecular weight is 718 g/mol. The number of nitriles is 1. The molecule has 0 radical (unpaired) electrons. The molecule has 11 heteroatoms. The predicted octanol–water partition coefficient (Wildman–Crippen LogP) is 5.86. The monoisotopic (exact) mass is 717 g/mol. The fourth-order valence-electron chi connectivity index (χ4n) is 7.72. The number of carbonyl (C=O) groups excluding carboxylic acids is 2. The largest absolute Gasteiger partial charge is 0.487 e. The smallest absolute Gasteiger partial charge is 0.225 e. The molecule has 0 aliphatic carbocycles. The number of nitrogens with zero attached hydrogens (tertiary/aromatic N) is 7. The standard InChI is InChI=1S/C41H44ClN7O3/c1-41(2,34-17-29(21-43)18-35(42)20-34)33-4-7-39(8-5-33)52-28-36-9-11-44-40(45-36)48-15-13-47(14-16-48)38-10-12-46(25-38)22-30-23-49(24-30)37-6-3-31(26-50)32(19-37)27-51/h3-9,11,17-20,26-27,30,38H,10,12-16,22-25,28H2,1-2H3. The summed E-state index contributed by atoms with van der Waals surface area (Å²) in [6.45, 7) is 13.6. The Hall–Kier alpha value is -4.82. The Morgan fingerprint density at radius 3 is 2.38 bits per heavy atom. The summed E-state index contributed by atoms with van der Waals surface area (Å²) >= 11 is 6.29. The number of anilines is 2. The first-order chi connectivity index (χ1) is 25.2. The van der Waals surface area contributed by atoms with E-state index in [4.69, 9.17) is 21.3 Å². The Morgan fingerprint density at radius 1 is 0.885 bits per heavy atom. The summed E-state index contributed by atoms with van der Waals surface area (Å²) in [6.07, 6.45) is 4.51. The second kappa shape index (κ2) is 15.4. The Balaban J connectivity index is 0.856. The lowest BCUT2D eigenvalue weighted by Gasteiger charge is -2.43. The Kier molecular flexibility index (Phi) is 10.6. The molecule has 0 N–H and O–H groups in total. The van der Waals surface area contributed by atoms with Crippen molar-refractivity contribution in [1.82, 2.24) is 19.8 Å². The molecule has 4 aromatic rings. The molecular weight excluding hydrogens is 674 g/mol. The van der Waals surface area contributed by atoms with Gasteiger partial charge in [0.1, 0.15) is 12.4 Å². The van der Waals surface area contributed by atoms with Crippen molar-refractivity contribution in [2.45, 2.75) is 38.3 Å². The van der Waals surface area contributed by atoms with Gasteiger partial charge in [-0.25, -0.2) is 9.97 Å². The van der Waals surface area contributed by atoms with Crippen LogP contribution in [0.15, 0.2) is 72.9 Å². The fraction of sp³-hybridized carbons (Fsp3) is 0.390. The number of halogens is 1. The number of hydrogen-bond donors (Lipinski definition) is 0. The van der Waals surface area contributed by atoms with E-state index in [-0.39, 0.29) is 5.41 Å². The van der Waals surface area contributed by atoms with E-state index in [1.165, 1.54) is 6.42 Å². The van der Waals surface area contributed by atoms with Gasteiger partial charge in [0.05, 0.1) is 17.3 Å². The molecule has 0 amide bonds. The maximum Gasteiger partial charge on any atom is 0.225 e. The van der Waals surface area contributed by atoms with Gasteiger partial charge in [-0.3, -0.25) is 14.5 Å². The van der Waals surface area contributed by atoms with Crippen LogP contribution in [0, 0.1) is 17.2 Å². The van der Waals surface area contributed by atoms with E-state index in [0.29, 0.717) is 40.3 Å². The van der Waals surface area contributed by atoms with Gasteiger partial charge < -0.3 is 19.4 Å². The zero-order valence-corrected chi connectivity index (χ0v) is 30.5. The van der Waals surface area contributed by atoms with E-state index >= 15 is 0 Å². The van der Waals surface area contributed by atoms with Crippen LogP contribution in [-0.2, 0) is 12.0 Å². The topological polar surface area (TPSA) is 106 Å². The Morgan fingerprint density at radius 2 is 1.65 bits per heavy atom. The molecule has 0 bridgehead atoms. The number of likely N-dealkylation sites (tertiary alicyclic amines) is 1. The number of ether oxygens (including phenoxy) is 1. The number of carbonyl (C=O) groups is 2. The zero-order valence-electron chi connectivity index (χ0n) is 29.7. The Bertz CT molecular complexity index is 1950. The molecule has 52 heavy (non-hydrogen) atoms. The van der Waals surface area contributed by atoms with Gasteiger partial charge in [0.2, 0.25) is 5.95 Å². The van der Waals surface area contributed by atoms with E-state index in [1.807, 2.05) is 48.7 Å². The van der Waals surface area contributed by atoms with Crippen LogP contribution in [0.5, 0.6) is 5.75 Å². The molecule has 3 fully saturated rings. The van der Waals surface area contributed by atoms with Gasteiger partial charge >= 0.3 is 0 Å². The SMILES string of the molecule is CC(C)(c1ccc(OCc2ccnc(N3CCN(C4CCN(CC5CN(c6ccc(C=O)c(C=O)c6)C5)C4)CC3)n2)cc1)c1cc(Cl)cc(C#N)c1.